The molecule has 2 fully saturated rings. The largest absolute Gasteiger partial charge is 0.371 e. The molecule has 2 saturated heterocycles. The van der Waals surface area contributed by atoms with Gasteiger partial charge in [-0.2, -0.15) is 0 Å². The summed E-state index contributed by atoms with van der Waals surface area (Å²) in [5.74, 6) is 1.25. The van der Waals surface area contributed by atoms with Crippen molar-refractivity contribution >= 4 is 17.7 Å². The number of carbonyl (C=O) groups excluding carboxylic acids is 1. The fraction of sp³-hybridized carbons (Fsp3) is 0.450. The van der Waals surface area contributed by atoms with Crippen molar-refractivity contribution in [3.05, 3.63) is 48.8 Å². The van der Waals surface area contributed by atoms with Gasteiger partial charge in [0.15, 0.2) is 0 Å². The van der Waals surface area contributed by atoms with Crippen LogP contribution in [0.15, 0.2) is 48.8 Å². The maximum absolute atomic E-state index is 12.5. The number of hydrogen-bond acceptors (Lipinski definition) is 5. The van der Waals surface area contributed by atoms with Crippen LogP contribution in [0, 0.1) is 5.92 Å². The molecule has 0 saturated carbocycles. The Morgan fingerprint density at radius 2 is 1.70 bits per heavy atom. The molecule has 1 atom stereocenters. The van der Waals surface area contributed by atoms with Crippen LogP contribution in [0.5, 0.6) is 0 Å². The van der Waals surface area contributed by atoms with Crippen LogP contribution >= 0.6 is 0 Å². The number of nitrogens with zero attached hydrogens (tertiary/aromatic N) is 5. The fourth-order valence-electron chi connectivity index (χ4n) is 3.78. The summed E-state index contributed by atoms with van der Waals surface area (Å²) >= 11 is 0. The van der Waals surface area contributed by atoms with Crippen LogP contribution in [0.25, 0.3) is 0 Å². The van der Waals surface area contributed by atoms with Crippen molar-refractivity contribution in [3.63, 3.8) is 0 Å². The molecule has 2 aromatic rings. The molecule has 0 bridgehead atoms. The number of para-hydroxylation sites is 1. The predicted octanol–water partition coefficient (Wildman–Crippen LogP) is 1.83. The third kappa shape index (κ3) is 4.30. The van der Waals surface area contributed by atoms with Crippen molar-refractivity contribution in [2.24, 2.45) is 5.92 Å². The van der Waals surface area contributed by atoms with Crippen molar-refractivity contribution in [2.45, 2.75) is 6.42 Å². The Morgan fingerprint density at radius 1 is 0.963 bits per heavy atom. The number of nitrogens with one attached hydrogen (secondary N) is 1. The normalized spacial score (nSPS) is 20.0. The molecule has 2 amide bonds. The quantitative estimate of drug-likeness (QED) is 0.894. The summed E-state index contributed by atoms with van der Waals surface area (Å²) in [5.41, 5.74) is 1.27. The highest BCUT2D eigenvalue weighted by Gasteiger charge is 2.25. The van der Waals surface area contributed by atoms with E-state index in [1.165, 1.54) is 5.69 Å². The van der Waals surface area contributed by atoms with E-state index < -0.39 is 0 Å². The molecule has 1 aromatic heterocycles. The maximum atomic E-state index is 12.5. The third-order valence-electron chi connectivity index (χ3n) is 5.35. The monoisotopic (exact) mass is 366 g/mol. The van der Waals surface area contributed by atoms with Gasteiger partial charge in [-0.05, 0) is 30.5 Å². The Hall–Kier alpha value is -2.83. The van der Waals surface area contributed by atoms with Gasteiger partial charge >= 0.3 is 6.03 Å². The Kier molecular flexibility index (Phi) is 5.37. The summed E-state index contributed by atoms with van der Waals surface area (Å²) in [6.07, 6.45) is 4.62. The summed E-state index contributed by atoms with van der Waals surface area (Å²) < 4.78 is 0. The minimum absolute atomic E-state index is 0.0433. The van der Waals surface area contributed by atoms with Crippen molar-refractivity contribution < 1.29 is 4.79 Å². The Labute approximate surface area is 160 Å². The lowest BCUT2D eigenvalue weighted by atomic mass is 10.1. The second-order valence-corrected chi connectivity index (χ2v) is 7.15. The molecule has 0 aliphatic carbocycles. The first-order valence-corrected chi connectivity index (χ1v) is 9.64. The number of hydrogen-bond donors (Lipinski definition) is 1. The van der Waals surface area contributed by atoms with Gasteiger partial charge in [0.25, 0.3) is 0 Å². The number of benzene rings is 1. The Balaban J connectivity index is 1.20. The fourth-order valence-corrected chi connectivity index (χ4v) is 3.78. The molecule has 0 spiro atoms. The number of rotatable bonds is 4. The number of anilines is 2. The first-order valence-electron chi connectivity index (χ1n) is 9.64. The molecule has 0 radical (unpaired) electrons. The van der Waals surface area contributed by atoms with Crippen LogP contribution < -0.4 is 15.1 Å². The summed E-state index contributed by atoms with van der Waals surface area (Å²) in [7, 11) is 0. The average molecular weight is 366 g/mol. The van der Waals surface area contributed by atoms with Crippen molar-refractivity contribution in [1.82, 2.24) is 20.2 Å². The molecule has 2 aliphatic rings. The number of carbonyl (C=O) groups is 1. The van der Waals surface area contributed by atoms with E-state index in [-0.39, 0.29) is 6.03 Å². The number of piperazine rings is 1. The summed E-state index contributed by atoms with van der Waals surface area (Å²) in [6.45, 7) is 5.73. The summed E-state index contributed by atoms with van der Waals surface area (Å²) in [6, 6.07) is 12.3. The number of aromatic nitrogens is 2. The highest BCUT2D eigenvalue weighted by atomic mass is 16.2. The van der Waals surface area contributed by atoms with E-state index in [0.717, 1.165) is 45.1 Å². The van der Waals surface area contributed by atoms with E-state index in [2.05, 4.69) is 49.4 Å². The first-order chi connectivity index (χ1) is 13.3. The summed E-state index contributed by atoms with van der Waals surface area (Å²) in [4.78, 5) is 27.5. The van der Waals surface area contributed by atoms with Gasteiger partial charge in [-0.15, -0.1) is 0 Å². The van der Waals surface area contributed by atoms with Crippen LogP contribution in [-0.4, -0.2) is 66.7 Å². The minimum Gasteiger partial charge on any atom is -0.371 e. The second kappa shape index (κ2) is 8.24. The molecule has 2 aliphatic heterocycles. The standard InChI is InChI=1S/C20H26N6O/c27-20(25-13-11-24(12-14-25)19-21-8-4-9-22-19)23-15-17-7-10-26(16-17)18-5-2-1-3-6-18/h1-6,8-9,17H,7,10-16H2,(H,23,27). The molecule has 1 aromatic carbocycles. The lowest BCUT2D eigenvalue weighted by Gasteiger charge is -2.34. The molecule has 27 heavy (non-hydrogen) atoms. The van der Waals surface area contributed by atoms with Gasteiger partial charge in [-0.25, -0.2) is 14.8 Å². The minimum atomic E-state index is 0.0433. The highest BCUT2D eigenvalue weighted by Crippen LogP contribution is 2.23. The highest BCUT2D eigenvalue weighted by molar-refractivity contribution is 5.74. The topological polar surface area (TPSA) is 64.6 Å². The SMILES string of the molecule is O=C(NCC1CCN(c2ccccc2)C1)N1CCN(c2ncccn2)CC1. The zero-order chi connectivity index (χ0) is 18.5. The Bertz CT molecular complexity index is 733. The van der Waals surface area contributed by atoms with Crippen LogP contribution in [0.3, 0.4) is 0 Å². The Morgan fingerprint density at radius 3 is 2.44 bits per heavy atom. The van der Waals surface area contributed by atoms with E-state index in [4.69, 9.17) is 0 Å². The summed E-state index contributed by atoms with van der Waals surface area (Å²) in [5, 5.41) is 3.13. The van der Waals surface area contributed by atoms with Crippen molar-refractivity contribution in [2.75, 3.05) is 55.6 Å². The van der Waals surface area contributed by atoms with Crippen molar-refractivity contribution in [1.29, 1.82) is 0 Å². The number of amides is 2. The molecule has 3 heterocycles. The molecule has 7 nitrogen and oxygen atoms in total. The van der Waals surface area contributed by atoms with E-state index in [1.54, 1.807) is 12.4 Å². The molecular formula is C20H26N6O. The van der Waals surface area contributed by atoms with Gasteiger partial charge in [-0.1, -0.05) is 18.2 Å². The second-order valence-electron chi connectivity index (χ2n) is 7.15. The smallest absolute Gasteiger partial charge is 0.317 e. The lowest BCUT2D eigenvalue weighted by Crippen LogP contribution is -2.52. The molecule has 142 valence electrons. The third-order valence-corrected chi connectivity index (χ3v) is 5.35. The van der Waals surface area contributed by atoms with Crippen LogP contribution in [0.4, 0.5) is 16.4 Å². The van der Waals surface area contributed by atoms with Gasteiger partial charge in [0, 0.05) is 63.9 Å². The van der Waals surface area contributed by atoms with Crippen LogP contribution in [0.2, 0.25) is 0 Å². The molecule has 4 rings (SSSR count). The molecular weight excluding hydrogens is 340 g/mol. The van der Waals surface area contributed by atoms with Crippen molar-refractivity contribution in [3.8, 4) is 0 Å². The first kappa shape index (κ1) is 17.6. The maximum Gasteiger partial charge on any atom is 0.317 e. The molecule has 1 N–H and O–H groups in total. The average Bonchev–Trinajstić information content (AvgIpc) is 3.22. The van der Waals surface area contributed by atoms with E-state index >= 15 is 0 Å². The van der Waals surface area contributed by atoms with Gasteiger partial charge in [-0.3, -0.25) is 0 Å². The molecule has 1 unspecified atom stereocenters. The predicted molar refractivity (Wildman–Crippen MR) is 106 cm³/mol. The van der Waals surface area contributed by atoms with Gasteiger partial charge in [0.05, 0.1) is 0 Å². The van der Waals surface area contributed by atoms with Gasteiger partial charge in [0.1, 0.15) is 0 Å². The van der Waals surface area contributed by atoms with Gasteiger partial charge in [0.2, 0.25) is 5.95 Å². The zero-order valence-corrected chi connectivity index (χ0v) is 15.5. The number of urea groups is 1. The van der Waals surface area contributed by atoms with E-state index in [9.17, 15) is 4.79 Å². The van der Waals surface area contributed by atoms with E-state index in [0.29, 0.717) is 19.0 Å². The van der Waals surface area contributed by atoms with Crippen LogP contribution in [-0.2, 0) is 0 Å². The molecule has 7 heteroatoms. The van der Waals surface area contributed by atoms with E-state index in [1.807, 2.05) is 17.0 Å². The van der Waals surface area contributed by atoms with Gasteiger partial charge < -0.3 is 20.0 Å². The lowest BCUT2D eigenvalue weighted by molar-refractivity contribution is 0.192. The van der Waals surface area contributed by atoms with Crippen LogP contribution in [0.1, 0.15) is 6.42 Å². The zero-order valence-electron chi connectivity index (χ0n) is 15.5.